The van der Waals surface area contributed by atoms with Crippen LogP contribution in [0.25, 0.3) is 5.69 Å². The molecule has 0 amide bonds. The van der Waals surface area contributed by atoms with Gasteiger partial charge in [0.15, 0.2) is 0 Å². The molecule has 0 atom stereocenters. The van der Waals surface area contributed by atoms with Crippen molar-refractivity contribution < 1.29 is 9.53 Å². The van der Waals surface area contributed by atoms with Crippen molar-refractivity contribution in [1.29, 1.82) is 0 Å². The third-order valence-corrected chi connectivity index (χ3v) is 2.77. The molecule has 0 spiro atoms. The lowest BCUT2D eigenvalue weighted by Crippen LogP contribution is -2.02. The fourth-order valence-electron chi connectivity index (χ4n) is 1.70. The molecule has 0 unspecified atom stereocenters. The molecule has 0 radical (unpaired) electrons. The second kappa shape index (κ2) is 5.01. The number of rotatable bonds is 3. The van der Waals surface area contributed by atoms with E-state index in [9.17, 15) is 4.79 Å². The first-order valence-electron chi connectivity index (χ1n) is 5.59. The van der Waals surface area contributed by atoms with Gasteiger partial charge in [-0.25, -0.2) is 9.48 Å². The number of carbonyl (C=O) groups is 1. The van der Waals surface area contributed by atoms with E-state index in [1.165, 1.54) is 7.11 Å². The van der Waals surface area contributed by atoms with Crippen molar-refractivity contribution in [1.82, 2.24) is 9.78 Å². The SMILES string of the molecule is COC(=O)c1ccc(-n2cc(CN)c(C)n2)cc1. The average molecular weight is 245 g/mol. The normalized spacial score (nSPS) is 10.4. The van der Waals surface area contributed by atoms with Gasteiger partial charge in [-0.2, -0.15) is 5.10 Å². The van der Waals surface area contributed by atoms with E-state index in [4.69, 9.17) is 5.73 Å². The summed E-state index contributed by atoms with van der Waals surface area (Å²) in [6, 6.07) is 7.05. The highest BCUT2D eigenvalue weighted by Gasteiger charge is 2.07. The minimum Gasteiger partial charge on any atom is -0.465 e. The highest BCUT2D eigenvalue weighted by molar-refractivity contribution is 5.89. The summed E-state index contributed by atoms with van der Waals surface area (Å²) in [5.41, 5.74) is 8.93. The maximum absolute atomic E-state index is 11.3. The molecule has 0 bridgehead atoms. The highest BCUT2D eigenvalue weighted by atomic mass is 16.5. The molecule has 5 heteroatoms. The number of nitrogens with zero attached hydrogens (tertiary/aromatic N) is 2. The van der Waals surface area contributed by atoms with E-state index in [0.717, 1.165) is 16.9 Å². The maximum atomic E-state index is 11.3. The van der Waals surface area contributed by atoms with Crippen LogP contribution in [-0.2, 0) is 11.3 Å². The van der Waals surface area contributed by atoms with Crippen molar-refractivity contribution in [2.24, 2.45) is 5.73 Å². The van der Waals surface area contributed by atoms with Crippen LogP contribution in [0.5, 0.6) is 0 Å². The zero-order chi connectivity index (χ0) is 13.1. The van der Waals surface area contributed by atoms with Crippen molar-refractivity contribution in [3.8, 4) is 5.69 Å². The summed E-state index contributed by atoms with van der Waals surface area (Å²) in [6.45, 7) is 2.38. The highest BCUT2D eigenvalue weighted by Crippen LogP contribution is 2.13. The molecular formula is C13H15N3O2. The lowest BCUT2D eigenvalue weighted by molar-refractivity contribution is 0.0601. The Morgan fingerprint density at radius 2 is 2.06 bits per heavy atom. The number of hydrogen-bond acceptors (Lipinski definition) is 4. The summed E-state index contributed by atoms with van der Waals surface area (Å²) in [5, 5.41) is 4.37. The van der Waals surface area contributed by atoms with E-state index in [1.807, 2.05) is 25.3 Å². The molecule has 18 heavy (non-hydrogen) atoms. The van der Waals surface area contributed by atoms with Gasteiger partial charge in [0.2, 0.25) is 0 Å². The lowest BCUT2D eigenvalue weighted by Gasteiger charge is -2.02. The second-order valence-electron chi connectivity index (χ2n) is 3.93. The quantitative estimate of drug-likeness (QED) is 0.830. The molecule has 1 aromatic carbocycles. The Morgan fingerprint density at radius 1 is 1.39 bits per heavy atom. The number of hydrogen-bond donors (Lipinski definition) is 1. The summed E-state index contributed by atoms with van der Waals surface area (Å²) in [7, 11) is 1.36. The third-order valence-electron chi connectivity index (χ3n) is 2.77. The Morgan fingerprint density at radius 3 is 2.56 bits per heavy atom. The van der Waals surface area contributed by atoms with E-state index in [-0.39, 0.29) is 5.97 Å². The molecule has 1 heterocycles. The topological polar surface area (TPSA) is 70.1 Å². The van der Waals surface area contributed by atoms with Crippen LogP contribution in [0.2, 0.25) is 0 Å². The molecule has 0 saturated heterocycles. The molecule has 2 aromatic rings. The van der Waals surface area contributed by atoms with Crippen LogP contribution < -0.4 is 5.73 Å². The monoisotopic (exact) mass is 245 g/mol. The van der Waals surface area contributed by atoms with Gasteiger partial charge >= 0.3 is 5.97 Å². The van der Waals surface area contributed by atoms with Crippen molar-refractivity contribution in [3.05, 3.63) is 47.3 Å². The molecule has 0 aliphatic rings. The minimum absolute atomic E-state index is 0.346. The minimum atomic E-state index is -0.346. The van der Waals surface area contributed by atoms with Gasteiger partial charge < -0.3 is 10.5 Å². The first-order chi connectivity index (χ1) is 8.65. The molecule has 0 saturated carbocycles. The Labute approximate surface area is 105 Å². The van der Waals surface area contributed by atoms with Crippen molar-refractivity contribution >= 4 is 5.97 Å². The molecule has 2 rings (SSSR count). The zero-order valence-electron chi connectivity index (χ0n) is 10.4. The van der Waals surface area contributed by atoms with Gasteiger partial charge in [-0.1, -0.05) is 0 Å². The predicted octanol–water partition coefficient (Wildman–Crippen LogP) is 1.43. The van der Waals surface area contributed by atoms with Crippen LogP contribution in [0.4, 0.5) is 0 Å². The summed E-state index contributed by atoms with van der Waals surface area (Å²) in [4.78, 5) is 11.3. The van der Waals surface area contributed by atoms with Crippen LogP contribution in [0, 0.1) is 6.92 Å². The standard InChI is InChI=1S/C13H15N3O2/c1-9-11(7-14)8-16(15-9)12-5-3-10(4-6-12)13(17)18-2/h3-6,8H,7,14H2,1-2H3. The average Bonchev–Trinajstić information content (AvgIpc) is 2.79. The van der Waals surface area contributed by atoms with Crippen LogP contribution >= 0.6 is 0 Å². The van der Waals surface area contributed by atoms with Gasteiger partial charge in [-0.3, -0.25) is 0 Å². The smallest absolute Gasteiger partial charge is 0.337 e. The number of carbonyl (C=O) groups excluding carboxylic acids is 1. The molecular weight excluding hydrogens is 230 g/mol. The molecule has 0 fully saturated rings. The fourth-order valence-corrected chi connectivity index (χ4v) is 1.70. The predicted molar refractivity (Wildman–Crippen MR) is 67.5 cm³/mol. The number of ether oxygens (including phenoxy) is 1. The van der Waals surface area contributed by atoms with Crippen LogP contribution in [0.3, 0.4) is 0 Å². The molecule has 0 aliphatic carbocycles. The van der Waals surface area contributed by atoms with Gasteiger partial charge in [-0.15, -0.1) is 0 Å². The van der Waals surface area contributed by atoms with E-state index in [1.54, 1.807) is 16.8 Å². The number of aromatic nitrogens is 2. The summed E-state index contributed by atoms with van der Waals surface area (Å²) in [5.74, 6) is -0.346. The first-order valence-corrected chi connectivity index (χ1v) is 5.59. The van der Waals surface area contributed by atoms with Gasteiger partial charge in [0.05, 0.1) is 24.1 Å². The van der Waals surface area contributed by atoms with Crippen molar-refractivity contribution in [3.63, 3.8) is 0 Å². The number of aryl methyl sites for hydroxylation is 1. The molecule has 5 nitrogen and oxygen atoms in total. The first kappa shape index (κ1) is 12.3. The summed E-state index contributed by atoms with van der Waals surface area (Å²) < 4.78 is 6.39. The van der Waals surface area contributed by atoms with Gasteiger partial charge in [0, 0.05) is 18.3 Å². The van der Waals surface area contributed by atoms with E-state index < -0.39 is 0 Å². The van der Waals surface area contributed by atoms with Gasteiger partial charge in [0.1, 0.15) is 0 Å². The zero-order valence-corrected chi connectivity index (χ0v) is 10.4. The third kappa shape index (κ3) is 2.26. The Kier molecular flexibility index (Phi) is 3.43. The van der Waals surface area contributed by atoms with Crippen molar-refractivity contribution in [2.45, 2.75) is 13.5 Å². The Bertz CT molecular complexity index is 558. The van der Waals surface area contributed by atoms with Gasteiger partial charge in [-0.05, 0) is 31.2 Å². The molecule has 2 N–H and O–H groups in total. The number of esters is 1. The fraction of sp³-hybridized carbons (Fsp3) is 0.231. The molecule has 94 valence electrons. The maximum Gasteiger partial charge on any atom is 0.337 e. The molecule has 0 aliphatic heterocycles. The van der Waals surface area contributed by atoms with E-state index in [0.29, 0.717) is 12.1 Å². The largest absolute Gasteiger partial charge is 0.465 e. The van der Waals surface area contributed by atoms with Crippen molar-refractivity contribution in [2.75, 3.05) is 7.11 Å². The number of methoxy groups -OCH3 is 1. The molecule has 1 aromatic heterocycles. The van der Waals surface area contributed by atoms with Crippen LogP contribution in [-0.4, -0.2) is 22.9 Å². The summed E-state index contributed by atoms with van der Waals surface area (Å²) >= 11 is 0. The summed E-state index contributed by atoms with van der Waals surface area (Å²) in [6.07, 6.45) is 1.89. The second-order valence-corrected chi connectivity index (χ2v) is 3.93. The van der Waals surface area contributed by atoms with Crippen LogP contribution in [0.15, 0.2) is 30.5 Å². The van der Waals surface area contributed by atoms with Crippen LogP contribution in [0.1, 0.15) is 21.6 Å². The van der Waals surface area contributed by atoms with E-state index >= 15 is 0 Å². The number of nitrogens with two attached hydrogens (primary N) is 1. The lowest BCUT2D eigenvalue weighted by atomic mass is 10.2. The number of benzene rings is 1. The van der Waals surface area contributed by atoms with Gasteiger partial charge in [0.25, 0.3) is 0 Å². The Balaban J connectivity index is 2.31. The Hall–Kier alpha value is -2.14. The van der Waals surface area contributed by atoms with E-state index in [2.05, 4.69) is 9.84 Å².